The molecule has 0 aliphatic heterocycles. The average Bonchev–Trinajstić information content (AvgIpc) is 2.91. The van der Waals surface area contributed by atoms with Crippen LogP contribution in [0.3, 0.4) is 0 Å². The maximum absolute atomic E-state index is 13.5. The van der Waals surface area contributed by atoms with Crippen molar-refractivity contribution in [2.45, 2.75) is 59.9 Å². The number of carbonyl (C=O) groups is 1. The third kappa shape index (κ3) is 4.51. The predicted molar refractivity (Wildman–Crippen MR) is 110 cm³/mol. The smallest absolute Gasteiger partial charge is 0.224 e. The monoisotopic (exact) mass is 386 g/mol. The molecule has 0 saturated heterocycles. The molecule has 3 rings (SSSR count). The van der Waals surface area contributed by atoms with Crippen LogP contribution >= 0.6 is 0 Å². The normalized spacial score (nSPS) is 16.0. The van der Waals surface area contributed by atoms with Crippen LogP contribution in [0.25, 0.3) is 0 Å². The molecule has 1 aliphatic rings. The zero-order valence-corrected chi connectivity index (χ0v) is 17.2. The molecule has 0 bridgehead atoms. The molecule has 2 N–H and O–H groups in total. The molecule has 0 heterocycles. The zero-order chi connectivity index (χ0) is 20.6. The highest BCUT2D eigenvalue weighted by Crippen LogP contribution is 2.40. The van der Waals surface area contributed by atoms with Crippen LogP contribution in [0, 0.1) is 30.9 Å². The number of aryl methyl sites for hydroxylation is 1. The summed E-state index contributed by atoms with van der Waals surface area (Å²) >= 11 is 0. The van der Waals surface area contributed by atoms with Crippen LogP contribution in [-0.2, 0) is 11.2 Å². The van der Waals surface area contributed by atoms with Gasteiger partial charge in [0.05, 0.1) is 6.04 Å². The minimum absolute atomic E-state index is 0.00655. The highest BCUT2D eigenvalue weighted by atomic mass is 19.1. The molecule has 0 spiro atoms. The Balaban J connectivity index is 1.85. The minimum atomic E-state index is -0.593. The summed E-state index contributed by atoms with van der Waals surface area (Å²) in [6.45, 7) is 10.1. The second-order valence-corrected chi connectivity index (χ2v) is 8.94. The Kier molecular flexibility index (Phi) is 5.46. The van der Waals surface area contributed by atoms with E-state index in [1.165, 1.54) is 17.7 Å². The number of halogens is 2. The first-order chi connectivity index (χ1) is 13.0. The van der Waals surface area contributed by atoms with Crippen molar-refractivity contribution in [3.63, 3.8) is 0 Å². The van der Waals surface area contributed by atoms with Crippen molar-refractivity contribution in [2.75, 3.05) is 10.6 Å². The van der Waals surface area contributed by atoms with E-state index in [1.807, 2.05) is 34.6 Å². The van der Waals surface area contributed by atoms with E-state index in [9.17, 15) is 13.6 Å². The Bertz CT molecular complexity index is 896. The van der Waals surface area contributed by atoms with E-state index < -0.39 is 11.6 Å². The van der Waals surface area contributed by atoms with E-state index in [0.29, 0.717) is 12.1 Å². The molecule has 1 unspecified atom stereocenters. The number of fused-ring (bicyclic) bond motifs is 1. The molecule has 0 saturated carbocycles. The Labute approximate surface area is 165 Å². The lowest BCUT2D eigenvalue weighted by Crippen LogP contribution is -2.21. The number of benzene rings is 2. The maximum Gasteiger partial charge on any atom is 0.224 e. The first-order valence-electron chi connectivity index (χ1n) is 9.69. The summed E-state index contributed by atoms with van der Waals surface area (Å²) in [6, 6.07) is 5.56. The highest BCUT2D eigenvalue weighted by Gasteiger charge is 2.27. The summed E-state index contributed by atoms with van der Waals surface area (Å²) in [5.74, 6) is -1.17. The molecule has 2 aromatic rings. The lowest BCUT2D eigenvalue weighted by molar-refractivity contribution is -0.117. The molecular formula is C23H28F2N2O. The maximum atomic E-state index is 13.5. The number of nitrogens with one attached hydrogen (secondary N) is 2. The Hall–Kier alpha value is -2.43. The fourth-order valence-electron chi connectivity index (χ4n) is 3.99. The molecule has 3 nitrogen and oxygen atoms in total. The molecule has 1 aliphatic carbocycles. The van der Waals surface area contributed by atoms with E-state index in [-0.39, 0.29) is 17.4 Å². The number of hydrogen-bond donors (Lipinski definition) is 2. The second-order valence-electron chi connectivity index (χ2n) is 8.94. The summed E-state index contributed by atoms with van der Waals surface area (Å²) in [7, 11) is 0. The van der Waals surface area contributed by atoms with Gasteiger partial charge in [-0.15, -0.1) is 0 Å². The number of hydrogen-bond acceptors (Lipinski definition) is 2. The summed E-state index contributed by atoms with van der Waals surface area (Å²) in [4.78, 5) is 12.4. The zero-order valence-electron chi connectivity index (χ0n) is 17.2. The van der Waals surface area contributed by atoms with Crippen LogP contribution in [0.5, 0.6) is 0 Å². The van der Waals surface area contributed by atoms with Gasteiger partial charge in [0.15, 0.2) is 0 Å². The highest BCUT2D eigenvalue weighted by molar-refractivity contribution is 5.93. The number of amides is 1. The molecule has 1 atom stereocenters. The minimum Gasteiger partial charge on any atom is -0.378 e. The standard InChI is InChI=1S/C23H28F2N2O/c1-13-8-19-18(14(2)22(13)27-21(28)12-23(3,4)5)6-7-20(19)26-17-10-15(24)9-16(25)11-17/h8-11,20,26H,6-7,12H2,1-5H3,(H,27,28). The molecule has 2 aromatic carbocycles. The predicted octanol–water partition coefficient (Wildman–Crippen LogP) is 6.06. The van der Waals surface area contributed by atoms with E-state index >= 15 is 0 Å². The van der Waals surface area contributed by atoms with Gasteiger partial charge in [-0.1, -0.05) is 26.8 Å². The van der Waals surface area contributed by atoms with Crippen LogP contribution in [0.4, 0.5) is 20.2 Å². The number of rotatable bonds is 4. The van der Waals surface area contributed by atoms with Crippen LogP contribution in [0.15, 0.2) is 24.3 Å². The quantitative estimate of drug-likeness (QED) is 0.671. The largest absolute Gasteiger partial charge is 0.378 e. The Morgan fingerprint density at radius 2 is 1.75 bits per heavy atom. The van der Waals surface area contributed by atoms with Gasteiger partial charge in [-0.3, -0.25) is 4.79 Å². The fourth-order valence-corrected chi connectivity index (χ4v) is 3.99. The van der Waals surface area contributed by atoms with Crippen LogP contribution < -0.4 is 10.6 Å². The summed E-state index contributed by atoms with van der Waals surface area (Å²) in [5.41, 5.74) is 5.65. The Morgan fingerprint density at radius 1 is 1.11 bits per heavy atom. The lowest BCUT2D eigenvalue weighted by Gasteiger charge is -2.21. The SMILES string of the molecule is Cc1cc2c(c(C)c1NC(=O)CC(C)(C)C)CCC2Nc1cc(F)cc(F)c1. The average molecular weight is 386 g/mol. The van der Waals surface area contributed by atoms with E-state index in [0.717, 1.165) is 41.3 Å². The van der Waals surface area contributed by atoms with Crippen molar-refractivity contribution in [3.8, 4) is 0 Å². The molecule has 0 radical (unpaired) electrons. The first-order valence-corrected chi connectivity index (χ1v) is 9.69. The summed E-state index contributed by atoms with van der Waals surface area (Å²) in [5, 5.41) is 6.34. The number of anilines is 2. The van der Waals surface area contributed by atoms with Gasteiger partial charge in [0, 0.05) is 23.9 Å². The van der Waals surface area contributed by atoms with Crippen molar-refractivity contribution >= 4 is 17.3 Å². The van der Waals surface area contributed by atoms with Crippen LogP contribution in [-0.4, -0.2) is 5.91 Å². The van der Waals surface area contributed by atoms with Gasteiger partial charge in [0.25, 0.3) is 0 Å². The van der Waals surface area contributed by atoms with Crippen molar-refractivity contribution < 1.29 is 13.6 Å². The third-order valence-electron chi connectivity index (χ3n) is 5.16. The van der Waals surface area contributed by atoms with Crippen molar-refractivity contribution in [1.82, 2.24) is 0 Å². The van der Waals surface area contributed by atoms with Gasteiger partial charge >= 0.3 is 0 Å². The molecule has 0 fully saturated rings. The van der Waals surface area contributed by atoms with Crippen LogP contribution in [0.1, 0.15) is 61.9 Å². The molecule has 5 heteroatoms. The van der Waals surface area contributed by atoms with E-state index in [4.69, 9.17) is 0 Å². The van der Waals surface area contributed by atoms with Gasteiger partial charge in [0.1, 0.15) is 11.6 Å². The summed E-state index contributed by atoms with van der Waals surface area (Å²) < 4.78 is 27.0. The van der Waals surface area contributed by atoms with Gasteiger partial charge in [-0.2, -0.15) is 0 Å². The summed E-state index contributed by atoms with van der Waals surface area (Å²) in [6.07, 6.45) is 2.16. The molecule has 150 valence electrons. The van der Waals surface area contributed by atoms with Gasteiger partial charge in [-0.05, 0) is 66.5 Å². The van der Waals surface area contributed by atoms with Crippen LogP contribution in [0.2, 0.25) is 0 Å². The van der Waals surface area contributed by atoms with E-state index in [1.54, 1.807) is 0 Å². The second kappa shape index (κ2) is 7.53. The van der Waals surface area contributed by atoms with Gasteiger partial charge in [0.2, 0.25) is 5.91 Å². The number of carbonyl (C=O) groups excluding carboxylic acids is 1. The Morgan fingerprint density at radius 3 is 2.36 bits per heavy atom. The van der Waals surface area contributed by atoms with E-state index in [2.05, 4.69) is 16.7 Å². The van der Waals surface area contributed by atoms with Crippen molar-refractivity contribution in [1.29, 1.82) is 0 Å². The third-order valence-corrected chi connectivity index (χ3v) is 5.16. The van der Waals surface area contributed by atoms with Crippen molar-refractivity contribution in [3.05, 3.63) is 58.2 Å². The molecule has 0 aromatic heterocycles. The molecular weight excluding hydrogens is 358 g/mol. The van der Waals surface area contributed by atoms with Gasteiger partial charge < -0.3 is 10.6 Å². The lowest BCUT2D eigenvalue weighted by atomic mass is 9.91. The van der Waals surface area contributed by atoms with Gasteiger partial charge in [-0.25, -0.2) is 8.78 Å². The first kappa shape index (κ1) is 20.3. The molecule has 1 amide bonds. The molecule has 28 heavy (non-hydrogen) atoms. The topological polar surface area (TPSA) is 41.1 Å². The fraction of sp³-hybridized carbons (Fsp3) is 0.435. The van der Waals surface area contributed by atoms with Crippen molar-refractivity contribution in [2.24, 2.45) is 5.41 Å².